The highest BCUT2D eigenvalue weighted by Crippen LogP contribution is 2.31. The Labute approximate surface area is 177 Å². The number of carbonyl (C=O) groups is 2. The van der Waals surface area contributed by atoms with E-state index in [0.717, 1.165) is 5.56 Å². The summed E-state index contributed by atoms with van der Waals surface area (Å²) in [7, 11) is 0. The predicted octanol–water partition coefficient (Wildman–Crippen LogP) is 3.44. The molecule has 0 aliphatic carbocycles. The van der Waals surface area contributed by atoms with Gasteiger partial charge in [0.2, 0.25) is 11.8 Å². The van der Waals surface area contributed by atoms with Crippen LogP contribution in [0.4, 0.5) is 11.5 Å². The van der Waals surface area contributed by atoms with Crippen LogP contribution in [0.3, 0.4) is 0 Å². The molecule has 0 radical (unpaired) electrons. The van der Waals surface area contributed by atoms with Crippen LogP contribution in [0, 0.1) is 6.92 Å². The van der Waals surface area contributed by atoms with E-state index in [4.69, 9.17) is 0 Å². The van der Waals surface area contributed by atoms with Crippen molar-refractivity contribution >= 4 is 35.1 Å². The highest BCUT2D eigenvalue weighted by Gasteiger charge is 2.34. The van der Waals surface area contributed by atoms with E-state index in [1.165, 1.54) is 17.3 Å². The number of nitrogens with one attached hydrogen (secondary N) is 3. The molecule has 2 aromatic carbocycles. The molecule has 1 aliphatic rings. The summed E-state index contributed by atoms with van der Waals surface area (Å²) in [6, 6.07) is 17.0. The van der Waals surface area contributed by atoms with E-state index < -0.39 is 17.4 Å². The van der Waals surface area contributed by atoms with E-state index in [0.29, 0.717) is 16.6 Å². The first-order chi connectivity index (χ1) is 14.5. The van der Waals surface area contributed by atoms with E-state index in [9.17, 15) is 14.4 Å². The van der Waals surface area contributed by atoms with Crippen LogP contribution >= 0.6 is 11.8 Å². The first-order valence-corrected chi connectivity index (χ1v) is 10.5. The lowest BCUT2D eigenvalue weighted by Gasteiger charge is -2.23. The van der Waals surface area contributed by atoms with E-state index in [1.807, 2.05) is 37.3 Å². The number of aryl methyl sites for hydroxylation is 1. The van der Waals surface area contributed by atoms with Gasteiger partial charge in [-0.05, 0) is 24.6 Å². The third-order valence-corrected chi connectivity index (χ3v) is 5.73. The molecule has 0 bridgehead atoms. The van der Waals surface area contributed by atoms with Crippen molar-refractivity contribution in [1.82, 2.24) is 9.97 Å². The van der Waals surface area contributed by atoms with Gasteiger partial charge < -0.3 is 15.6 Å². The average Bonchev–Trinajstić information content (AvgIpc) is 2.73. The monoisotopic (exact) mass is 420 g/mol. The third kappa shape index (κ3) is 4.44. The van der Waals surface area contributed by atoms with Crippen molar-refractivity contribution in [3.05, 3.63) is 81.6 Å². The van der Waals surface area contributed by atoms with Gasteiger partial charge in [-0.25, -0.2) is 4.98 Å². The molecule has 0 fully saturated rings. The van der Waals surface area contributed by atoms with Gasteiger partial charge in [-0.3, -0.25) is 14.4 Å². The van der Waals surface area contributed by atoms with E-state index in [2.05, 4.69) is 20.6 Å². The summed E-state index contributed by atoms with van der Waals surface area (Å²) in [4.78, 5) is 44.9. The number of fused-ring (bicyclic) bond motifs is 1. The summed E-state index contributed by atoms with van der Waals surface area (Å²) in [5.74, 6) is -0.891. The molecule has 7 nitrogen and oxygen atoms in total. The smallest absolute Gasteiger partial charge is 0.257 e. The van der Waals surface area contributed by atoms with Crippen molar-refractivity contribution in [2.75, 3.05) is 10.6 Å². The summed E-state index contributed by atoms with van der Waals surface area (Å²) in [5.41, 5.74) is 2.63. The Hall–Kier alpha value is -3.39. The largest absolute Gasteiger partial charge is 0.326 e. The zero-order valence-corrected chi connectivity index (χ0v) is 17.1. The second kappa shape index (κ2) is 8.54. The van der Waals surface area contributed by atoms with Crippen molar-refractivity contribution < 1.29 is 9.59 Å². The first-order valence-electron chi connectivity index (χ1n) is 9.48. The Morgan fingerprint density at radius 3 is 2.60 bits per heavy atom. The van der Waals surface area contributed by atoms with E-state index in [-0.39, 0.29) is 23.7 Å². The lowest BCUT2D eigenvalue weighted by molar-refractivity contribution is -0.123. The molecule has 4 rings (SSSR count). The van der Waals surface area contributed by atoms with Crippen molar-refractivity contribution in [1.29, 1.82) is 0 Å². The maximum atomic E-state index is 12.8. The zero-order chi connectivity index (χ0) is 21.1. The average molecular weight is 420 g/mol. The maximum absolute atomic E-state index is 12.8. The lowest BCUT2D eigenvalue weighted by atomic mass is 9.92. The van der Waals surface area contributed by atoms with Crippen molar-refractivity contribution in [2.24, 2.45) is 0 Å². The highest BCUT2D eigenvalue weighted by atomic mass is 32.2. The molecule has 152 valence electrons. The van der Waals surface area contributed by atoms with Gasteiger partial charge in [-0.2, -0.15) is 0 Å². The maximum Gasteiger partial charge on any atom is 0.257 e. The minimum absolute atomic E-state index is 0.105. The number of hydrogen-bond donors (Lipinski definition) is 3. The summed E-state index contributed by atoms with van der Waals surface area (Å²) < 4.78 is 0. The standard InChI is InChI=1S/C22H20N4O3S/c1-13-7-9-14(10-8-13)12-30-22-25-19-18(21(29)26-22)16(11-17(27)24-19)20(28)23-15-5-3-2-4-6-15/h2-10,16H,11-12H2,1H3,(H,23,28)(H2,24,25,26,27,29)/t16-/m1/s1. The molecule has 30 heavy (non-hydrogen) atoms. The number of amides is 2. The summed E-state index contributed by atoms with van der Waals surface area (Å²) >= 11 is 1.36. The molecule has 3 aromatic rings. The molecule has 0 saturated heterocycles. The molecular weight excluding hydrogens is 400 g/mol. The molecule has 1 atom stereocenters. The van der Waals surface area contributed by atoms with Crippen LogP contribution < -0.4 is 16.2 Å². The summed E-state index contributed by atoms with van der Waals surface area (Å²) in [5, 5.41) is 5.79. The molecule has 0 saturated carbocycles. The topological polar surface area (TPSA) is 104 Å². The Morgan fingerprint density at radius 2 is 1.87 bits per heavy atom. The zero-order valence-electron chi connectivity index (χ0n) is 16.3. The van der Waals surface area contributed by atoms with Crippen LogP contribution in [-0.2, 0) is 15.3 Å². The predicted molar refractivity (Wildman–Crippen MR) is 117 cm³/mol. The molecule has 1 aromatic heterocycles. The van der Waals surface area contributed by atoms with E-state index >= 15 is 0 Å². The highest BCUT2D eigenvalue weighted by molar-refractivity contribution is 7.98. The number of para-hydroxylation sites is 1. The number of aromatic nitrogens is 2. The molecule has 2 amide bonds. The number of anilines is 2. The van der Waals surface area contributed by atoms with Gasteiger partial charge in [0.05, 0.1) is 11.5 Å². The second-order valence-corrected chi connectivity index (χ2v) is 8.03. The number of thioether (sulfide) groups is 1. The van der Waals surface area contributed by atoms with Gasteiger partial charge in [-0.15, -0.1) is 0 Å². The number of carbonyl (C=O) groups excluding carboxylic acids is 2. The van der Waals surface area contributed by atoms with Crippen molar-refractivity contribution in [2.45, 2.75) is 30.2 Å². The summed E-state index contributed by atoms with van der Waals surface area (Å²) in [6.45, 7) is 2.02. The van der Waals surface area contributed by atoms with Crippen molar-refractivity contribution in [3.63, 3.8) is 0 Å². The third-order valence-electron chi connectivity index (χ3n) is 4.78. The van der Waals surface area contributed by atoms with Gasteiger partial charge >= 0.3 is 0 Å². The van der Waals surface area contributed by atoms with Gasteiger partial charge in [0.25, 0.3) is 5.56 Å². The minimum atomic E-state index is -0.902. The number of nitrogens with zero attached hydrogens (tertiary/aromatic N) is 1. The number of H-pyrrole nitrogens is 1. The minimum Gasteiger partial charge on any atom is -0.326 e. The summed E-state index contributed by atoms with van der Waals surface area (Å²) in [6.07, 6.45) is -0.105. The van der Waals surface area contributed by atoms with Crippen LogP contribution in [0.2, 0.25) is 0 Å². The Morgan fingerprint density at radius 1 is 1.13 bits per heavy atom. The molecule has 8 heteroatoms. The molecule has 0 unspecified atom stereocenters. The van der Waals surface area contributed by atoms with Crippen LogP contribution in [-0.4, -0.2) is 21.8 Å². The van der Waals surface area contributed by atoms with Crippen LogP contribution in [0.1, 0.15) is 29.0 Å². The van der Waals surface area contributed by atoms with E-state index in [1.54, 1.807) is 24.3 Å². The fraction of sp³-hybridized carbons (Fsp3) is 0.182. The molecule has 3 N–H and O–H groups in total. The number of benzene rings is 2. The molecule has 2 heterocycles. The molecule has 1 aliphatic heterocycles. The van der Waals surface area contributed by atoms with Crippen LogP contribution in [0.25, 0.3) is 0 Å². The fourth-order valence-corrected chi connectivity index (χ4v) is 4.05. The van der Waals surface area contributed by atoms with Crippen LogP contribution in [0.15, 0.2) is 64.5 Å². The quantitative estimate of drug-likeness (QED) is 0.433. The van der Waals surface area contributed by atoms with Crippen molar-refractivity contribution in [3.8, 4) is 0 Å². The second-order valence-electron chi connectivity index (χ2n) is 7.07. The van der Waals surface area contributed by atoms with Crippen LogP contribution in [0.5, 0.6) is 0 Å². The first kappa shape index (κ1) is 19.9. The fourth-order valence-electron chi connectivity index (χ4n) is 3.23. The normalized spacial score (nSPS) is 15.2. The Kier molecular flexibility index (Phi) is 5.67. The van der Waals surface area contributed by atoms with Gasteiger partial charge in [0.15, 0.2) is 5.16 Å². The number of hydrogen-bond acceptors (Lipinski definition) is 5. The van der Waals surface area contributed by atoms with Gasteiger partial charge in [-0.1, -0.05) is 59.8 Å². The number of aromatic amines is 1. The number of rotatable bonds is 5. The molecular formula is C22H20N4O3S. The lowest BCUT2D eigenvalue weighted by Crippen LogP contribution is -2.36. The molecule has 0 spiro atoms. The SMILES string of the molecule is Cc1ccc(CSc2nc3c(c(=O)[nH]2)[C@H](C(=O)Nc2ccccc2)CC(=O)N3)cc1. The van der Waals surface area contributed by atoms with Gasteiger partial charge in [0.1, 0.15) is 5.82 Å². The Balaban J connectivity index is 1.57. The van der Waals surface area contributed by atoms with Gasteiger partial charge in [0, 0.05) is 17.9 Å². The Bertz CT molecular complexity index is 1140.